The fraction of sp³-hybridized carbons (Fsp3) is 0.667. The van der Waals surface area contributed by atoms with E-state index < -0.39 is 5.51 Å². The average Bonchev–Trinajstić information content (AvgIpc) is 2.42. The van der Waals surface area contributed by atoms with Crippen molar-refractivity contribution in [2.24, 2.45) is 7.05 Å². The van der Waals surface area contributed by atoms with E-state index in [2.05, 4.69) is 10.4 Å². The zero-order valence-electron chi connectivity index (χ0n) is 9.14. The summed E-state index contributed by atoms with van der Waals surface area (Å²) in [5.41, 5.74) is -2.22. The first-order valence-corrected chi connectivity index (χ1v) is 5.77. The van der Waals surface area contributed by atoms with E-state index in [0.29, 0.717) is 13.1 Å². The van der Waals surface area contributed by atoms with Gasteiger partial charge in [-0.15, -0.1) is 0 Å². The molecule has 0 aliphatic rings. The Morgan fingerprint density at radius 1 is 1.50 bits per heavy atom. The van der Waals surface area contributed by atoms with Crippen LogP contribution in [0.5, 0.6) is 0 Å². The molecule has 0 bridgehead atoms. The molecule has 1 N–H and O–H groups in total. The number of thioether (sulfide) groups is 1. The van der Waals surface area contributed by atoms with Crippen molar-refractivity contribution in [1.82, 2.24) is 15.1 Å². The molecule has 0 saturated heterocycles. The summed E-state index contributed by atoms with van der Waals surface area (Å²) in [5, 5.41) is 7.09. The summed E-state index contributed by atoms with van der Waals surface area (Å²) in [5.74, 6) is 0.0306. The Bertz CT molecular complexity index is 335. The fourth-order valence-corrected chi connectivity index (χ4v) is 1.76. The molecule has 0 radical (unpaired) electrons. The normalized spacial score (nSPS) is 12.1. The van der Waals surface area contributed by atoms with Crippen molar-refractivity contribution < 1.29 is 13.2 Å². The van der Waals surface area contributed by atoms with E-state index in [1.54, 1.807) is 4.68 Å². The van der Waals surface area contributed by atoms with Gasteiger partial charge in [-0.25, -0.2) is 0 Å². The summed E-state index contributed by atoms with van der Waals surface area (Å²) in [6.07, 6.45) is 1.86. The number of nitrogens with zero attached hydrogens (tertiary/aromatic N) is 2. The molecule has 7 heteroatoms. The van der Waals surface area contributed by atoms with Gasteiger partial charge in [-0.05, 0) is 18.7 Å². The molecule has 3 nitrogen and oxygen atoms in total. The fourth-order valence-electron chi connectivity index (χ4n) is 1.28. The Morgan fingerprint density at radius 2 is 2.19 bits per heavy atom. The summed E-state index contributed by atoms with van der Waals surface area (Å²) in [6.45, 7) is 2.76. The van der Waals surface area contributed by atoms with Gasteiger partial charge in [0, 0.05) is 37.7 Å². The van der Waals surface area contributed by atoms with Gasteiger partial charge in [0.15, 0.2) is 0 Å². The Hall–Kier alpha value is -0.690. The number of nitrogens with one attached hydrogen (secondary N) is 1. The Balaban J connectivity index is 2.19. The highest BCUT2D eigenvalue weighted by Crippen LogP contribution is 2.29. The van der Waals surface area contributed by atoms with Crippen molar-refractivity contribution in [3.05, 3.63) is 17.5 Å². The molecule has 1 aromatic heterocycles. The minimum absolute atomic E-state index is 0.00522. The molecule has 0 aliphatic carbocycles. The molecule has 1 rings (SSSR count). The van der Waals surface area contributed by atoms with Crippen LogP contribution in [0.15, 0.2) is 6.20 Å². The molecule has 1 heterocycles. The van der Waals surface area contributed by atoms with Crippen molar-refractivity contribution in [3.63, 3.8) is 0 Å². The van der Waals surface area contributed by atoms with Gasteiger partial charge in [0.25, 0.3) is 0 Å². The molecule has 0 aliphatic heterocycles. The number of hydrogen-bond donors (Lipinski definition) is 1. The van der Waals surface area contributed by atoms with Crippen molar-refractivity contribution in [3.8, 4) is 0 Å². The maximum absolute atomic E-state index is 11.8. The molecule has 92 valence electrons. The van der Waals surface area contributed by atoms with Gasteiger partial charge < -0.3 is 5.32 Å². The van der Waals surface area contributed by atoms with Crippen molar-refractivity contribution >= 4 is 11.8 Å². The Morgan fingerprint density at radius 3 is 2.69 bits per heavy atom. The maximum atomic E-state index is 11.8. The van der Waals surface area contributed by atoms with Crippen LogP contribution in [0, 0.1) is 6.92 Å². The van der Waals surface area contributed by atoms with Gasteiger partial charge in [-0.3, -0.25) is 4.68 Å². The highest BCUT2D eigenvalue weighted by molar-refractivity contribution is 8.00. The first kappa shape index (κ1) is 13.4. The first-order valence-electron chi connectivity index (χ1n) is 4.79. The van der Waals surface area contributed by atoms with E-state index in [1.807, 2.05) is 20.2 Å². The van der Waals surface area contributed by atoms with Crippen LogP contribution in [0.25, 0.3) is 0 Å². The molecule has 0 saturated carbocycles. The summed E-state index contributed by atoms with van der Waals surface area (Å²) >= 11 is -0.00522. The second-order valence-electron chi connectivity index (χ2n) is 3.38. The molecule has 0 spiro atoms. The van der Waals surface area contributed by atoms with E-state index in [0.717, 1.165) is 11.3 Å². The Labute approximate surface area is 96.4 Å². The highest BCUT2D eigenvalue weighted by Gasteiger charge is 2.27. The van der Waals surface area contributed by atoms with E-state index >= 15 is 0 Å². The van der Waals surface area contributed by atoms with Crippen LogP contribution in [0.4, 0.5) is 13.2 Å². The van der Waals surface area contributed by atoms with E-state index in [9.17, 15) is 13.2 Å². The molecule has 0 atom stereocenters. The van der Waals surface area contributed by atoms with E-state index in [1.165, 1.54) is 0 Å². The number of aromatic nitrogens is 2. The largest absolute Gasteiger partial charge is 0.441 e. The van der Waals surface area contributed by atoms with Crippen LogP contribution in [0.1, 0.15) is 11.3 Å². The van der Waals surface area contributed by atoms with Gasteiger partial charge in [0.2, 0.25) is 0 Å². The molecule has 1 aromatic rings. The van der Waals surface area contributed by atoms with E-state index in [4.69, 9.17) is 0 Å². The third-order valence-corrected chi connectivity index (χ3v) is 2.71. The third-order valence-electron chi connectivity index (χ3n) is 1.98. The standard InChI is InChI=1S/C9H14F3N3S/c1-7-8(6-15(2)14-7)5-13-3-4-16-9(10,11)12/h6,13H,3-5H2,1-2H3. The number of alkyl halides is 3. The second kappa shape index (κ2) is 5.58. The maximum Gasteiger partial charge on any atom is 0.441 e. The lowest BCUT2D eigenvalue weighted by molar-refractivity contribution is -0.0327. The Kier molecular flexibility index (Phi) is 4.67. The van der Waals surface area contributed by atoms with Gasteiger partial charge >= 0.3 is 5.51 Å². The van der Waals surface area contributed by atoms with Crippen molar-refractivity contribution in [1.29, 1.82) is 0 Å². The summed E-state index contributed by atoms with van der Waals surface area (Å²) < 4.78 is 37.1. The van der Waals surface area contributed by atoms with Crippen molar-refractivity contribution in [2.75, 3.05) is 12.3 Å². The second-order valence-corrected chi connectivity index (χ2v) is 4.54. The third kappa shape index (κ3) is 4.89. The highest BCUT2D eigenvalue weighted by atomic mass is 32.2. The van der Waals surface area contributed by atoms with Gasteiger partial charge in [0.1, 0.15) is 0 Å². The molecular formula is C9H14F3N3S. The molecular weight excluding hydrogens is 239 g/mol. The average molecular weight is 253 g/mol. The number of rotatable bonds is 5. The van der Waals surface area contributed by atoms with Gasteiger partial charge in [-0.2, -0.15) is 18.3 Å². The monoisotopic (exact) mass is 253 g/mol. The van der Waals surface area contributed by atoms with Crippen LogP contribution in [-0.2, 0) is 13.6 Å². The zero-order chi connectivity index (χ0) is 12.2. The molecule has 0 aromatic carbocycles. The molecule has 0 unspecified atom stereocenters. The summed E-state index contributed by atoms with van der Waals surface area (Å²) in [6, 6.07) is 0. The lowest BCUT2D eigenvalue weighted by Gasteiger charge is -2.06. The lowest BCUT2D eigenvalue weighted by Crippen LogP contribution is -2.18. The minimum Gasteiger partial charge on any atom is -0.312 e. The quantitative estimate of drug-likeness (QED) is 0.815. The van der Waals surface area contributed by atoms with Crippen LogP contribution >= 0.6 is 11.8 Å². The SMILES string of the molecule is Cc1nn(C)cc1CNCCSC(F)(F)F. The summed E-state index contributed by atoms with van der Waals surface area (Å²) in [4.78, 5) is 0. The zero-order valence-corrected chi connectivity index (χ0v) is 9.95. The van der Waals surface area contributed by atoms with Crippen LogP contribution in [0.3, 0.4) is 0 Å². The van der Waals surface area contributed by atoms with Gasteiger partial charge in [-0.1, -0.05) is 0 Å². The molecule has 0 amide bonds. The van der Waals surface area contributed by atoms with E-state index in [-0.39, 0.29) is 17.5 Å². The predicted molar refractivity (Wildman–Crippen MR) is 58.2 cm³/mol. The number of hydrogen-bond acceptors (Lipinski definition) is 3. The molecule has 16 heavy (non-hydrogen) atoms. The minimum atomic E-state index is -4.13. The van der Waals surface area contributed by atoms with Crippen LogP contribution in [-0.4, -0.2) is 27.6 Å². The van der Waals surface area contributed by atoms with Crippen molar-refractivity contribution in [2.45, 2.75) is 19.0 Å². The number of aryl methyl sites for hydroxylation is 2. The first-order chi connectivity index (χ1) is 7.38. The smallest absolute Gasteiger partial charge is 0.312 e. The predicted octanol–water partition coefficient (Wildman–Crippen LogP) is 2.07. The molecule has 0 fully saturated rings. The van der Waals surface area contributed by atoms with Crippen LogP contribution in [0.2, 0.25) is 0 Å². The summed E-state index contributed by atoms with van der Waals surface area (Å²) in [7, 11) is 1.82. The van der Waals surface area contributed by atoms with Gasteiger partial charge in [0.05, 0.1) is 5.69 Å². The lowest BCUT2D eigenvalue weighted by atomic mass is 10.3. The van der Waals surface area contributed by atoms with Crippen LogP contribution < -0.4 is 5.32 Å². The topological polar surface area (TPSA) is 29.9 Å². The number of halogens is 3.